The van der Waals surface area contributed by atoms with Gasteiger partial charge in [-0.3, -0.25) is 0 Å². The van der Waals surface area contributed by atoms with Crippen molar-refractivity contribution in [1.29, 1.82) is 0 Å². The molecule has 1 unspecified atom stereocenters. The predicted octanol–water partition coefficient (Wildman–Crippen LogP) is 4.92. The number of hydrogen-bond acceptors (Lipinski definition) is 5. The third-order valence-electron chi connectivity index (χ3n) is 5.95. The lowest BCUT2D eigenvalue weighted by atomic mass is 9.92. The first-order valence-corrected chi connectivity index (χ1v) is 10.6. The summed E-state index contributed by atoms with van der Waals surface area (Å²) >= 11 is 0. The maximum atomic E-state index is 13.0. The maximum Gasteiger partial charge on any atom is 0.340 e. The number of benzene rings is 3. The molecular weight excluding hydrogens is 390 g/mol. The molecule has 31 heavy (non-hydrogen) atoms. The first kappa shape index (κ1) is 19.6. The average Bonchev–Trinajstić information content (AvgIpc) is 2.83. The van der Waals surface area contributed by atoms with Gasteiger partial charge in [0.2, 0.25) is 0 Å². The Hall–Kier alpha value is -3.31. The van der Waals surface area contributed by atoms with Crippen LogP contribution in [0.3, 0.4) is 0 Å². The molecule has 0 bridgehead atoms. The smallest absolute Gasteiger partial charge is 0.340 e. The number of esters is 1. The van der Waals surface area contributed by atoms with Crippen molar-refractivity contribution in [3.63, 3.8) is 0 Å². The zero-order valence-electron chi connectivity index (χ0n) is 17.8. The summed E-state index contributed by atoms with van der Waals surface area (Å²) in [5.41, 5.74) is 4.58. The van der Waals surface area contributed by atoms with E-state index in [-0.39, 0.29) is 12.1 Å². The molecule has 2 aliphatic heterocycles. The molecule has 158 valence electrons. The quantitative estimate of drug-likeness (QED) is 0.569. The number of rotatable bonds is 3. The Morgan fingerprint density at radius 2 is 1.84 bits per heavy atom. The van der Waals surface area contributed by atoms with E-state index in [2.05, 4.69) is 35.3 Å². The molecule has 5 heteroatoms. The molecule has 0 amide bonds. The minimum atomic E-state index is -0.336. The minimum absolute atomic E-state index is 0.182. The van der Waals surface area contributed by atoms with Crippen LogP contribution in [0.1, 0.15) is 33.2 Å². The van der Waals surface area contributed by atoms with Crippen molar-refractivity contribution in [3.05, 3.63) is 76.9 Å². The summed E-state index contributed by atoms with van der Waals surface area (Å²) in [5, 5.41) is 1.78. The minimum Gasteiger partial charge on any atom is -0.480 e. The second kappa shape index (κ2) is 8.08. The Kier molecular flexibility index (Phi) is 5.12. The molecule has 0 N–H and O–H groups in total. The number of ether oxygens (including phenoxy) is 3. The van der Waals surface area contributed by atoms with Crippen molar-refractivity contribution < 1.29 is 19.0 Å². The average molecular weight is 415 g/mol. The fourth-order valence-corrected chi connectivity index (χ4v) is 4.46. The van der Waals surface area contributed by atoms with Crippen molar-refractivity contribution in [2.75, 3.05) is 38.3 Å². The van der Waals surface area contributed by atoms with E-state index >= 15 is 0 Å². The van der Waals surface area contributed by atoms with Gasteiger partial charge < -0.3 is 19.1 Å². The van der Waals surface area contributed by atoms with Crippen LogP contribution >= 0.6 is 0 Å². The van der Waals surface area contributed by atoms with Crippen LogP contribution in [-0.2, 0) is 9.47 Å². The third-order valence-corrected chi connectivity index (χ3v) is 5.95. The zero-order valence-corrected chi connectivity index (χ0v) is 17.8. The summed E-state index contributed by atoms with van der Waals surface area (Å²) in [4.78, 5) is 15.2. The monoisotopic (exact) mass is 415 g/mol. The Labute approximate surface area is 181 Å². The summed E-state index contributed by atoms with van der Waals surface area (Å²) in [6.07, 6.45) is 3.97. The van der Waals surface area contributed by atoms with E-state index in [0.717, 1.165) is 38.9 Å². The molecule has 0 aromatic heterocycles. The van der Waals surface area contributed by atoms with Crippen molar-refractivity contribution >= 4 is 28.5 Å². The number of aryl methyl sites for hydroxylation is 1. The number of carbonyl (C=O) groups excluding carboxylic acids is 1. The van der Waals surface area contributed by atoms with E-state index in [1.807, 2.05) is 37.3 Å². The van der Waals surface area contributed by atoms with E-state index in [0.29, 0.717) is 31.9 Å². The summed E-state index contributed by atoms with van der Waals surface area (Å²) in [7, 11) is 1.43. The summed E-state index contributed by atoms with van der Waals surface area (Å²) in [6, 6.07) is 16.3. The molecule has 0 radical (unpaired) electrons. The van der Waals surface area contributed by atoms with Crippen LogP contribution < -0.4 is 9.64 Å². The van der Waals surface area contributed by atoms with Gasteiger partial charge in [-0.25, -0.2) is 4.79 Å². The zero-order chi connectivity index (χ0) is 21.4. The van der Waals surface area contributed by atoms with Crippen LogP contribution in [-0.4, -0.2) is 39.4 Å². The first-order valence-electron chi connectivity index (χ1n) is 10.6. The molecule has 2 aliphatic rings. The number of morpholine rings is 1. The van der Waals surface area contributed by atoms with E-state index in [4.69, 9.17) is 14.2 Å². The number of carbonyl (C=O) groups is 1. The summed E-state index contributed by atoms with van der Waals surface area (Å²) in [5.74, 6) is 0.473. The topological polar surface area (TPSA) is 48.0 Å². The molecule has 5 rings (SSSR count). The van der Waals surface area contributed by atoms with Gasteiger partial charge in [-0.2, -0.15) is 0 Å². The highest BCUT2D eigenvalue weighted by Crippen LogP contribution is 2.47. The highest BCUT2D eigenvalue weighted by molar-refractivity contribution is 6.14. The normalized spacial score (nSPS) is 17.9. The molecule has 3 aromatic rings. The highest BCUT2D eigenvalue weighted by Gasteiger charge is 2.31. The number of hydrogen-bond donors (Lipinski definition) is 0. The Balaban J connectivity index is 1.78. The summed E-state index contributed by atoms with van der Waals surface area (Å²) in [6.45, 7) is 4.72. The number of anilines is 1. The van der Waals surface area contributed by atoms with Crippen LogP contribution in [0.15, 0.2) is 54.6 Å². The van der Waals surface area contributed by atoms with Crippen LogP contribution in [0, 0.1) is 6.92 Å². The molecule has 1 fully saturated rings. The number of nitrogens with zero attached hydrogens (tertiary/aromatic N) is 1. The second-order valence-electron chi connectivity index (χ2n) is 7.91. The third kappa shape index (κ3) is 3.45. The van der Waals surface area contributed by atoms with E-state index in [9.17, 15) is 4.79 Å². The van der Waals surface area contributed by atoms with Crippen molar-refractivity contribution in [1.82, 2.24) is 0 Å². The fraction of sp³-hybridized carbons (Fsp3) is 0.269. The van der Waals surface area contributed by atoms with E-state index in [1.165, 1.54) is 7.11 Å². The molecule has 1 atom stereocenters. The fourth-order valence-electron chi connectivity index (χ4n) is 4.46. The molecule has 1 saturated heterocycles. The molecule has 3 aromatic carbocycles. The Bertz CT molecular complexity index is 1160. The molecular formula is C26H25NO4. The van der Waals surface area contributed by atoms with Gasteiger partial charge in [-0.05, 0) is 30.7 Å². The van der Waals surface area contributed by atoms with Gasteiger partial charge in [-0.1, -0.05) is 48.0 Å². The van der Waals surface area contributed by atoms with Crippen molar-refractivity contribution in [3.8, 4) is 5.75 Å². The van der Waals surface area contributed by atoms with E-state index < -0.39 is 0 Å². The lowest BCUT2D eigenvalue weighted by Gasteiger charge is -2.34. The van der Waals surface area contributed by atoms with Gasteiger partial charge >= 0.3 is 5.97 Å². The standard InChI is InChI=1S/C26H25NO4/c1-17-8-9-19-21(16-17)25-20(10-11-22(31-25)18-6-4-3-5-7-18)24(23(19)26(28)29-2)27-12-14-30-15-13-27/h3-11,16,22H,12-15H2,1-2H3. The van der Waals surface area contributed by atoms with Gasteiger partial charge in [0.1, 0.15) is 11.9 Å². The molecule has 0 spiro atoms. The van der Waals surface area contributed by atoms with Gasteiger partial charge in [0.15, 0.2) is 0 Å². The molecule has 0 aliphatic carbocycles. The van der Waals surface area contributed by atoms with Crippen LogP contribution in [0.5, 0.6) is 5.75 Å². The summed E-state index contributed by atoms with van der Waals surface area (Å²) < 4.78 is 17.4. The second-order valence-corrected chi connectivity index (χ2v) is 7.91. The Morgan fingerprint density at radius 1 is 1.06 bits per heavy atom. The largest absolute Gasteiger partial charge is 0.480 e. The van der Waals surface area contributed by atoms with Gasteiger partial charge in [-0.15, -0.1) is 0 Å². The van der Waals surface area contributed by atoms with Gasteiger partial charge in [0.25, 0.3) is 0 Å². The van der Waals surface area contributed by atoms with Crippen LogP contribution in [0.4, 0.5) is 5.69 Å². The van der Waals surface area contributed by atoms with Crippen molar-refractivity contribution in [2.24, 2.45) is 0 Å². The lowest BCUT2D eigenvalue weighted by Crippen LogP contribution is -2.38. The molecule has 0 saturated carbocycles. The SMILES string of the molecule is COC(=O)c1c(N2CCOCC2)c2c(c3cc(C)ccc13)OC(c1ccccc1)C=C2. The highest BCUT2D eigenvalue weighted by atomic mass is 16.5. The molecule has 2 heterocycles. The first-order chi connectivity index (χ1) is 15.2. The van der Waals surface area contributed by atoms with Crippen molar-refractivity contribution in [2.45, 2.75) is 13.0 Å². The van der Waals surface area contributed by atoms with Gasteiger partial charge in [0, 0.05) is 29.4 Å². The van der Waals surface area contributed by atoms with Gasteiger partial charge in [0.05, 0.1) is 31.6 Å². The predicted molar refractivity (Wildman–Crippen MR) is 122 cm³/mol. The lowest BCUT2D eigenvalue weighted by molar-refractivity contribution is 0.0602. The maximum absolute atomic E-state index is 13.0. The van der Waals surface area contributed by atoms with Crippen LogP contribution in [0.2, 0.25) is 0 Å². The number of fused-ring (bicyclic) bond motifs is 3. The van der Waals surface area contributed by atoms with E-state index in [1.54, 1.807) is 0 Å². The Morgan fingerprint density at radius 3 is 2.58 bits per heavy atom. The number of methoxy groups -OCH3 is 1. The molecule has 5 nitrogen and oxygen atoms in total. The van der Waals surface area contributed by atoms with Crippen LogP contribution in [0.25, 0.3) is 16.8 Å².